The number of piperidine rings is 1. The predicted octanol–water partition coefficient (Wildman–Crippen LogP) is 0.772. The molecule has 0 unspecified atom stereocenters. The molecule has 156 valence electrons. The van der Waals surface area contributed by atoms with E-state index in [1.807, 2.05) is 4.90 Å². The molecule has 10 nitrogen and oxygen atoms in total. The van der Waals surface area contributed by atoms with Gasteiger partial charge < -0.3 is 10.6 Å². The summed E-state index contributed by atoms with van der Waals surface area (Å²) in [5.74, 6) is -1.08. The lowest BCUT2D eigenvalue weighted by Gasteiger charge is -2.32. The monoisotopic (exact) mass is 440 g/mol. The number of carbonyl (C=O) groups is 2. The third-order valence-electron chi connectivity index (χ3n) is 4.74. The van der Waals surface area contributed by atoms with Crippen LogP contribution in [0.25, 0.3) is 0 Å². The van der Waals surface area contributed by atoms with Crippen molar-refractivity contribution >= 4 is 39.3 Å². The molecule has 2 aromatic heterocycles. The van der Waals surface area contributed by atoms with Crippen molar-refractivity contribution in [2.45, 2.75) is 31.2 Å². The lowest BCUT2D eigenvalue weighted by atomic mass is 9.96. The summed E-state index contributed by atoms with van der Waals surface area (Å²) in [5, 5.41) is 3.85. The largest absolute Gasteiger partial charge is 0.364 e. The molecule has 0 atom stereocenters. The fourth-order valence-corrected chi connectivity index (χ4v) is 4.70. The molecular weight excluding hydrogens is 420 g/mol. The fraction of sp³-hybridized carbons (Fsp3) is 0.412. The lowest BCUT2D eigenvalue weighted by molar-refractivity contribution is -0.123. The smallest absolute Gasteiger partial charge is 0.268 e. The van der Waals surface area contributed by atoms with E-state index in [2.05, 4.69) is 14.8 Å². The van der Waals surface area contributed by atoms with Crippen molar-refractivity contribution in [3.63, 3.8) is 0 Å². The van der Waals surface area contributed by atoms with Gasteiger partial charge in [0, 0.05) is 25.6 Å². The Balaban J connectivity index is 1.63. The lowest BCUT2D eigenvalue weighted by Crippen LogP contribution is -2.42. The molecule has 0 radical (unpaired) electrons. The number of sulfonamides is 1. The van der Waals surface area contributed by atoms with Crippen LogP contribution in [0.4, 0.5) is 5.82 Å². The Kier molecular flexibility index (Phi) is 6.08. The zero-order chi connectivity index (χ0) is 21.2. The van der Waals surface area contributed by atoms with Crippen LogP contribution in [0.15, 0.2) is 29.3 Å². The highest BCUT2D eigenvalue weighted by atomic mass is 35.5. The van der Waals surface area contributed by atoms with Gasteiger partial charge in [0.1, 0.15) is 21.6 Å². The first-order valence-electron chi connectivity index (χ1n) is 9.02. The van der Waals surface area contributed by atoms with Crippen LogP contribution in [0, 0.1) is 5.92 Å². The van der Waals surface area contributed by atoms with Crippen molar-refractivity contribution in [1.82, 2.24) is 19.5 Å². The second-order valence-electron chi connectivity index (χ2n) is 6.59. The van der Waals surface area contributed by atoms with Gasteiger partial charge >= 0.3 is 0 Å². The number of amides is 2. The number of pyridine rings is 1. The molecule has 3 N–H and O–H groups in total. The third-order valence-corrected chi connectivity index (χ3v) is 6.60. The summed E-state index contributed by atoms with van der Waals surface area (Å²) >= 11 is 6.02. The first-order chi connectivity index (χ1) is 13.7. The van der Waals surface area contributed by atoms with Gasteiger partial charge in [-0.25, -0.2) is 18.1 Å². The molecule has 1 aliphatic heterocycles. The van der Waals surface area contributed by atoms with Gasteiger partial charge in [-0.1, -0.05) is 17.7 Å². The first-order valence-corrected chi connectivity index (χ1v) is 10.9. The van der Waals surface area contributed by atoms with Crippen molar-refractivity contribution in [3.8, 4) is 0 Å². The molecule has 1 aliphatic rings. The van der Waals surface area contributed by atoms with E-state index in [1.165, 1.54) is 10.7 Å². The molecule has 2 amide bonds. The number of aromatic nitrogens is 3. The van der Waals surface area contributed by atoms with Crippen LogP contribution < -0.4 is 15.4 Å². The van der Waals surface area contributed by atoms with Gasteiger partial charge in [-0.2, -0.15) is 5.10 Å². The van der Waals surface area contributed by atoms with Crippen LogP contribution in [0.5, 0.6) is 0 Å². The van der Waals surface area contributed by atoms with E-state index >= 15 is 0 Å². The zero-order valence-electron chi connectivity index (χ0n) is 15.7. The molecule has 1 fully saturated rings. The first kappa shape index (κ1) is 21.1. The minimum Gasteiger partial charge on any atom is -0.364 e. The van der Waals surface area contributed by atoms with Crippen molar-refractivity contribution < 1.29 is 18.0 Å². The summed E-state index contributed by atoms with van der Waals surface area (Å²) in [6.07, 6.45) is 2.00. The molecule has 0 bridgehead atoms. The van der Waals surface area contributed by atoms with Crippen molar-refractivity contribution in [2.24, 2.45) is 11.7 Å². The average molecular weight is 441 g/mol. The quantitative estimate of drug-likeness (QED) is 0.675. The minimum absolute atomic E-state index is 0.0389. The molecule has 0 saturated carbocycles. The zero-order valence-corrected chi connectivity index (χ0v) is 17.3. The molecular formula is C17H21ClN6O4S. The summed E-state index contributed by atoms with van der Waals surface area (Å²) in [4.78, 5) is 29.7. The number of rotatable bonds is 6. The maximum Gasteiger partial charge on any atom is 0.268 e. The second-order valence-corrected chi connectivity index (χ2v) is 8.60. The number of halogens is 1. The number of aryl methyl sites for hydroxylation is 1. The van der Waals surface area contributed by atoms with Gasteiger partial charge in [0.15, 0.2) is 0 Å². The van der Waals surface area contributed by atoms with Gasteiger partial charge in [-0.05, 0) is 31.9 Å². The van der Waals surface area contributed by atoms with Gasteiger partial charge in [-0.15, -0.1) is 0 Å². The Hall–Kier alpha value is -2.66. The fourth-order valence-electron chi connectivity index (χ4n) is 3.13. The Morgan fingerprint density at radius 3 is 2.59 bits per heavy atom. The van der Waals surface area contributed by atoms with E-state index in [9.17, 15) is 18.0 Å². The average Bonchev–Trinajstić information content (AvgIpc) is 3.09. The number of hydrogen-bond acceptors (Lipinski definition) is 7. The number of primary amides is 1. The molecule has 2 aromatic rings. The molecule has 3 heterocycles. The predicted molar refractivity (Wildman–Crippen MR) is 106 cm³/mol. The molecule has 1 saturated heterocycles. The summed E-state index contributed by atoms with van der Waals surface area (Å²) in [6, 6.07) is 4.97. The highest BCUT2D eigenvalue weighted by Crippen LogP contribution is 2.24. The number of nitrogens with one attached hydrogen (secondary N) is 1. The Morgan fingerprint density at radius 2 is 2.00 bits per heavy atom. The molecule has 3 rings (SSSR count). The van der Waals surface area contributed by atoms with Crippen molar-refractivity contribution in [1.29, 1.82) is 0 Å². The van der Waals surface area contributed by atoms with E-state index < -0.39 is 27.8 Å². The summed E-state index contributed by atoms with van der Waals surface area (Å²) in [6.45, 7) is 3.16. The van der Waals surface area contributed by atoms with Crippen LogP contribution in [0.3, 0.4) is 0 Å². The topological polar surface area (TPSA) is 140 Å². The standard InChI is InChI=1S/C17H21ClN6O4S/c1-2-24-15(18)13(10-20-24)29(27,28)22-17(26)11-6-8-23(9-7-11)14-5-3-4-12(21-14)16(19)25/h3-5,10-11H,2,6-9H2,1H3,(H2,19,25)(H,22,26). The summed E-state index contributed by atoms with van der Waals surface area (Å²) in [7, 11) is -4.10. The number of nitrogens with zero attached hydrogens (tertiary/aromatic N) is 4. The number of nitrogens with two attached hydrogens (primary N) is 1. The van der Waals surface area contributed by atoms with E-state index in [0.717, 1.165) is 6.20 Å². The van der Waals surface area contributed by atoms with E-state index in [4.69, 9.17) is 17.3 Å². The minimum atomic E-state index is -4.10. The van der Waals surface area contributed by atoms with E-state index in [0.29, 0.717) is 38.3 Å². The highest BCUT2D eigenvalue weighted by molar-refractivity contribution is 7.90. The highest BCUT2D eigenvalue weighted by Gasteiger charge is 2.30. The molecule has 29 heavy (non-hydrogen) atoms. The van der Waals surface area contributed by atoms with Crippen LogP contribution in [-0.4, -0.2) is 48.1 Å². The number of anilines is 1. The molecule has 12 heteroatoms. The normalized spacial score (nSPS) is 15.3. The number of carbonyl (C=O) groups excluding carboxylic acids is 2. The van der Waals surface area contributed by atoms with Gasteiger partial charge in [0.2, 0.25) is 5.91 Å². The van der Waals surface area contributed by atoms with Crippen LogP contribution in [-0.2, 0) is 21.4 Å². The summed E-state index contributed by atoms with van der Waals surface area (Å²) < 4.78 is 28.4. The van der Waals surface area contributed by atoms with Crippen LogP contribution in [0.2, 0.25) is 5.15 Å². The maximum atomic E-state index is 12.5. The van der Waals surface area contributed by atoms with E-state index in [1.54, 1.807) is 19.1 Å². The van der Waals surface area contributed by atoms with Gasteiger partial charge in [0.05, 0.1) is 6.20 Å². The molecule has 0 aliphatic carbocycles. The Labute approximate surface area is 173 Å². The molecule has 0 spiro atoms. The molecule has 0 aromatic carbocycles. The third kappa shape index (κ3) is 4.51. The Bertz CT molecular complexity index is 1030. The number of hydrogen-bond donors (Lipinski definition) is 2. The van der Waals surface area contributed by atoms with Crippen LogP contribution >= 0.6 is 11.6 Å². The van der Waals surface area contributed by atoms with Crippen molar-refractivity contribution in [2.75, 3.05) is 18.0 Å². The SMILES string of the molecule is CCn1ncc(S(=O)(=O)NC(=O)C2CCN(c3cccc(C(N)=O)n3)CC2)c1Cl. The van der Waals surface area contributed by atoms with Crippen molar-refractivity contribution in [3.05, 3.63) is 35.2 Å². The second kappa shape index (κ2) is 8.37. The summed E-state index contributed by atoms with van der Waals surface area (Å²) in [5.41, 5.74) is 5.42. The van der Waals surface area contributed by atoms with E-state index in [-0.39, 0.29) is 15.7 Å². The van der Waals surface area contributed by atoms with Gasteiger partial charge in [-0.3, -0.25) is 14.3 Å². The van der Waals surface area contributed by atoms with Gasteiger partial charge in [0.25, 0.3) is 15.9 Å². The Morgan fingerprint density at radius 1 is 1.31 bits per heavy atom. The maximum absolute atomic E-state index is 12.5. The van der Waals surface area contributed by atoms with Crippen LogP contribution in [0.1, 0.15) is 30.3 Å².